The van der Waals surface area contributed by atoms with Crippen molar-refractivity contribution in [3.63, 3.8) is 0 Å². The Bertz CT molecular complexity index is 671. The predicted molar refractivity (Wildman–Crippen MR) is 77.6 cm³/mol. The first-order valence-electron chi connectivity index (χ1n) is 7.24. The van der Waals surface area contributed by atoms with Crippen molar-refractivity contribution in [1.29, 1.82) is 0 Å². The van der Waals surface area contributed by atoms with Crippen molar-refractivity contribution in [3.05, 3.63) is 34.2 Å². The number of fused-ring (bicyclic) bond motifs is 1. The molecule has 21 heavy (non-hydrogen) atoms. The molecule has 1 fully saturated rings. The van der Waals surface area contributed by atoms with Crippen molar-refractivity contribution in [2.75, 3.05) is 13.2 Å². The molecule has 5 nitrogen and oxygen atoms in total. The second-order valence-electron chi connectivity index (χ2n) is 5.59. The highest BCUT2D eigenvalue weighted by molar-refractivity contribution is 5.76. The van der Waals surface area contributed by atoms with Gasteiger partial charge in [0.25, 0.3) is 0 Å². The third kappa shape index (κ3) is 3.15. The summed E-state index contributed by atoms with van der Waals surface area (Å²) in [6.45, 7) is 2.86. The molecule has 0 aliphatic carbocycles. The molecular formula is C15H22ClN3O2. The largest absolute Gasteiger partial charge is 1.00 e. The van der Waals surface area contributed by atoms with E-state index in [-0.39, 0.29) is 18.1 Å². The van der Waals surface area contributed by atoms with Gasteiger partial charge in [0.05, 0.1) is 11.0 Å². The van der Waals surface area contributed by atoms with Gasteiger partial charge in [-0.25, -0.2) is 4.79 Å². The van der Waals surface area contributed by atoms with Crippen LogP contribution in [0.15, 0.2) is 23.0 Å². The summed E-state index contributed by atoms with van der Waals surface area (Å²) in [7, 11) is 3.64. The topological polar surface area (TPSA) is 52.8 Å². The number of nitrogens with two attached hydrogens (primary N) is 1. The molecule has 1 aromatic heterocycles. The van der Waals surface area contributed by atoms with Crippen LogP contribution < -0.4 is 23.4 Å². The minimum absolute atomic E-state index is 0. The summed E-state index contributed by atoms with van der Waals surface area (Å²) in [4.78, 5) is 11.9. The second-order valence-corrected chi connectivity index (χ2v) is 5.59. The van der Waals surface area contributed by atoms with Gasteiger partial charge in [-0.1, -0.05) is 6.07 Å². The van der Waals surface area contributed by atoms with Gasteiger partial charge in [0.2, 0.25) is 0 Å². The number of ether oxygens (including phenoxy) is 1. The van der Waals surface area contributed by atoms with E-state index < -0.39 is 0 Å². The van der Waals surface area contributed by atoms with Crippen LogP contribution in [0.3, 0.4) is 0 Å². The highest BCUT2D eigenvalue weighted by Crippen LogP contribution is 2.13. The Morgan fingerprint density at radius 1 is 1.29 bits per heavy atom. The normalized spacial score (nSPS) is 18.1. The molecule has 1 aliphatic rings. The van der Waals surface area contributed by atoms with Crippen molar-refractivity contribution in [2.24, 2.45) is 14.1 Å². The number of quaternary nitrogens is 1. The van der Waals surface area contributed by atoms with Crippen LogP contribution in [0.1, 0.15) is 18.4 Å². The van der Waals surface area contributed by atoms with Crippen molar-refractivity contribution >= 4 is 11.0 Å². The number of aryl methyl sites for hydroxylation is 2. The third-order valence-corrected chi connectivity index (χ3v) is 4.17. The zero-order valence-corrected chi connectivity index (χ0v) is 13.3. The molecule has 1 aromatic carbocycles. The van der Waals surface area contributed by atoms with E-state index in [1.54, 1.807) is 9.13 Å². The number of benzene rings is 1. The predicted octanol–water partition coefficient (Wildman–Crippen LogP) is -2.88. The summed E-state index contributed by atoms with van der Waals surface area (Å²) in [6.07, 6.45) is 2.79. The lowest BCUT2D eigenvalue weighted by Gasteiger charge is -2.08. The van der Waals surface area contributed by atoms with Gasteiger partial charge in [-0.3, -0.25) is 9.13 Å². The summed E-state index contributed by atoms with van der Waals surface area (Å²) in [5.74, 6) is 0. The van der Waals surface area contributed by atoms with Crippen LogP contribution >= 0.6 is 0 Å². The number of imidazole rings is 1. The molecular weight excluding hydrogens is 290 g/mol. The Kier molecular flexibility index (Phi) is 5.08. The molecule has 0 radical (unpaired) electrons. The molecule has 2 aromatic rings. The number of aromatic nitrogens is 2. The highest BCUT2D eigenvalue weighted by atomic mass is 35.5. The first-order valence-corrected chi connectivity index (χ1v) is 7.24. The van der Waals surface area contributed by atoms with Gasteiger partial charge in [0, 0.05) is 26.3 Å². The number of hydrogen-bond donors (Lipinski definition) is 1. The molecule has 3 rings (SSSR count). The zero-order valence-electron chi connectivity index (χ0n) is 12.5. The van der Waals surface area contributed by atoms with Crippen LogP contribution in [0.5, 0.6) is 0 Å². The van der Waals surface area contributed by atoms with Crippen LogP contribution in [0.25, 0.3) is 11.0 Å². The quantitative estimate of drug-likeness (QED) is 0.660. The summed E-state index contributed by atoms with van der Waals surface area (Å²) < 4.78 is 9.02. The van der Waals surface area contributed by atoms with E-state index in [1.807, 2.05) is 20.2 Å². The minimum atomic E-state index is 0. The van der Waals surface area contributed by atoms with Gasteiger partial charge in [-0.15, -0.1) is 0 Å². The van der Waals surface area contributed by atoms with E-state index in [4.69, 9.17) is 4.74 Å². The van der Waals surface area contributed by atoms with Gasteiger partial charge in [-0.2, -0.15) is 0 Å². The summed E-state index contributed by atoms with van der Waals surface area (Å²) in [5.41, 5.74) is 3.26. The maximum atomic E-state index is 11.9. The maximum absolute atomic E-state index is 11.9. The lowest BCUT2D eigenvalue weighted by molar-refractivity contribution is -0.676. The number of rotatable bonds is 4. The molecule has 0 amide bonds. The Morgan fingerprint density at radius 3 is 2.76 bits per heavy atom. The average molecular weight is 312 g/mol. The average Bonchev–Trinajstić information content (AvgIpc) is 3.04. The van der Waals surface area contributed by atoms with Crippen LogP contribution in [-0.4, -0.2) is 28.4 Å². The summed E-state index contributed by atoms with van der Waals surface area (Å²) in [6, 6.07) is 6.25. The van der Waals surface area contributed by atoms with E-state index in [0.717, 1.165) is 30.7 Å². The van der Waals surface area contributed by atoms with E-state index in [1.165, 1.54) is 18.4 Å². The van der Waals surface area contributed by atoms with Crippen molar-refractivity contribution in [2.45, 2.75) is 25.5 Å². The smallest absolute Gasteiger partial charge is 0.328 e. The molecule has 1 aliphatic heterocycles. The fourth-order valence-electron chi connectivity index (χ4n) is 2.95. The molecule has 0 saturated carbocycles. The van der Waals surface area contributed by atoms with Gasteiger partial charge >= 0.3 is 5.69 Å². The van der Waals surface area contributed by atoms with Gasteiger partial charge in [0.15, 0.2) is 0 Å². The number of halogens is 1. The minimum Gasteiger partial charge on any atom is -1.00 e. The van der Waals surface area contributed by atoms with Crippen LogP contribution in [0.4, 0.5) is 0 Å². The zero-order chi connectivity index (χ0) is 14.1. The SMILES string of the molecule is Cn1c(=O)n(C)c2cc(C[NH2+]CC3CCCO3)ccc21.[Cl-]. The highest BCUT2D eigenvalue weighted by Gasteiger charge is 2.16. The molecule has 0 bridgehead atoms. The summed E-state index contributed by atoms with van der Waals surface area (Å²) in [5, 5.41) is 2.29. The molecule has 0 spiro atoms. The molecule has 6 heteroatoms. The molecule has 1 saturated heterocycles. The standard InChI is InChI=1S/C15H21N3O2.ClH/c1-17-13-6-5-11(8-14(13)18(2)15(17)19)9-16-10-12-4-3-7-20-12;/h5-6,8,12,16H,3-4,7,9-10H2,1-2H3;1H. The Morgan fingerprint density at radius 2 is 2.05 bits per heavy atom. The fraction of sp³-hybridized carbons (Fsp3) is 0.533. The summed E-state index contributed by atoms with van der Waals surface area (Å²) >= 11 is 0. The van der Waals surface area contributed by atoms with Crippen molar-refractivity contribution < 1.29 is 22.5 Å². The van der Waals surface area contributed by atoms with E-state index >= 15 is 0 Å². The Hall–Kier alpha value is -1.30. The van der Waals surface area contributed by atoms with Crippen LogP contribution in [0.2, 0.25) is 0 Å². The first kappa shape index (κ1) is 16.1. The fourth-order valence-corrected chi connectivity index (χ4v) is 2.95. The lowest BCUT2D eigenvalue weighted by Crippen LogP contribution is -3.00. The number of hydrogen-bond acceptors (Lipinski definition) is 2. The number of nitrogens with zero attached hydrogens (tertiary/aromatic N) is 2. The van der Waals surface area contributed by atoms with E-state index in [2.05, 4.69) is 17.4 Å². The van der Waals surface area contributed by atoms with Gasteiger partial charge in [0.1, 0.15) is 19.2 Å². The molecule has 2 heterocycles. The van der Waals surface area contributed by atoms with Gasteiger partial charge < -0.3 is 22.5 Å². The Labute approximate surface area is 130 Å². The van der Waals surface area contributed by atoms with E-state index in [9.17, 15) is 4.79 Å². The molecule has 116 valence electrons. The van der Waals surface area contributed by atoms with Crippen molar-refractivity contribution in [3.8, 4) is 0 Å². The first-order chi connectivity index (χ1) is 9.66. The third-order valence-electron chi connectivity index (χ3n) is 4.17. The monoisotopic (exact) mass is 311 g/mol. The van der Waals surface area contributed by atoms with Crippen LogP contribution in [0, 0.1) is 0 Å². The van der Waals surface area contributed by atoms with Gasteiger partial charge in [-0.05, 0) is 25.0 Å². The van der Waals surface area contributed by atoms with Crippen molar-refractivity contribution in [1.82, 2.24) is 9.13 Å². The molecule has 1 atom stereocenters. The second kappa shape index (κ2) is 6.64. The molecule has 2 N–H and O–H groups in total. The van der Waals surface area contributed by atoms with E-state index in [0.29, 0.717) is 6.10 Å². The Balaban J connectivity index is 0.00000161. The van der Waals surface area contributed by atoms with Crippen LogP contribution in [-0.2, 0) is 25.4 Å². The maximum Gasteiger partial charge on any atom is 0.328 e. The molecule has 1 unspecified atom stereocenters. The lowest BCUT2D eigenvalue weighted by atomic mass is 10.2.